The minimum Gasteiger partial charge on any atom is -0.478 e. The molecule has 4 nitrogen and oxygen atoms in total. The highest BCUT2D eigenvalue weighted by atomic mass is 79.9. The van der Waals surface area contributed by atoms with Gasteiger partial charge in [-0.3, -0.25) is 0 Å². The molecule has 7 heteroatoms. The molecule has 0 aliphatic carbocycles. The minimum absolute atomic E-state index is 0.104. The number of carboxylic acid groups (broad SMARTS) is 1. The van der Waals surface area contributed by atoms with Gasteiger partial charge >= 0.3 is 12.6 Å². The first kappa shape index (κ1) is 13.4. The van der Waals surface area contributed by atoms with E-state index in [4.69, 9.17) is 10.4 Å². The van der Waals surface area contributed by atoms with Crippen molar-refractivity contribution in [2.45, 2.75) is 11.9 Å². The second-order valence-corrected chi connectivity index (χ2v) is 3.50. The van der Waals surface area contributed by atoms with Crippen molar-refractivity contribution in [3.05, 3.63) is 28.8 Å². The first-order valence-electron chi connectivity index (χ1n) is 4.30. The molecule has 0 bridgehead atoms. The molecule has 0 aliphatic heterocycles. The van der Waals surface area contributed by atoms with Crippen molar-refractivity contribution >= 4 is 21.9 Å². The Bertz CT molecular complexity index is 485. The van der Waals surface area contributed by atoms with Crippen LogP contribution in [-0.2, 0) is 5.33 Å². The summed E-state index contributed by atoms with van der Waals surface area (Å²) in [6.45, 7) is -3.12. The fraction of sp³-hybridized carbons (Fsp3) is 0.200. The Morgan fingerprint density at radius 2 is 2.24 bits per heavy atom. The third-order valence-electron chi connectivity index (χ3n) is 1.90. The van der Waals surface area contributed by atoms with Crippen molar-refractivity contribution in [3.8, 4) is 11.8 Å². The molecule has 0 saturated heterocycles. The van der Waals surface area contributed by atoms with E-state index in [2.05, 4.69) is 20.7 Å². The summed E-state index contributed by atoms with van der Waals surface area (Å²) in [5.41, 5.74) is -0.0377. The summed E-state index contributed by atoms with van der Waals surface area (Å²) in [4.78, 5) is 10.8. The average molecular weight is 306 g/mol. The van der Waals surface area contributed by atoms with Crippen LogP contribution in [0.1, 0.15) is 21.5 Å². The molecule has 0 saturated carbocycles. The van der Waals surface area contributed by atoms with E-state index in [0.29, 0.717) is 0 Å². The van der Waals surface area contributed by atoms with Gasteiger partial charge in [0, 0.05) is 5.33 Å². The van der Waals surface area contributed by atoms with Crippen LogP contribution in [0.25, 0.3) is 0 Å². The maximum absolute atomic E-state index is 12.1. The number of hydrogen-bond donors (Lipinski definition) is 1. The number of carbonyl (C=O) groups is 1. The van der Waals surface area contributed by atoms with E-state index in [1.807, 2.05) is 0 Å². The lowest BCUT2D eigenvalue weighted by Crippen LogP contribution is -2.07. The number of alkyl halides is 3. The number of hydrogen-bond acceptors (Lipinski definition) is 3. The number of benzene rings is 1. The van der Waals surface area contributed by atoms with Gasteiger partial charge in [-0.05, 0) is 17.7 Å². The highest BCUT2D eigenvalue weighted by Gasteiger charge is 2.17. The number of carboxylic acids is 1. The van der Waals surface area contributed by atoms with Crippen molar-refractivity contribution < 1.29 is 23.4 Å². The van der Waals surface area contributed by atoms with Gasteiger partial charge in [-0.1, -0.05) is 15.9 Å². The van der Waals surface area contributed by atoms with Gasteiger partial charge in [0.05, 0.1) is 11.1 Å². The van der Waals surface area contributed by atoms with Crippen LogP contribution in [0.15, 0.2) is 12.1 Å². The maximum Gasteiger partial charge on any atom is 0.387 e. The predicted molar refractivity (Wildman–Crippen MR) is 57.4 cm³/mol. The largest absolute Gasteiger partial charge is 0.478 e. The molecule has 1 aromatic carbocycles. The van der Waals surface area contributed by atoms with Gasteiger partial charge in [0.1, 0.15) is 11.8 Å². The topological polar surface area (TPSA) is 70.3 Å². The SMILES string of the molecule is N#Cc1c(CBr)cc(C(=O)O)cc1OC(F)F. The second kappa shape index (κ2) is 5.59. The number of aromatic carboxylic acids is 1. The van der Waals surface area contributed by atoms with Gasteiger partial charge in [0.2, 0.25) is 0 Å². The summed E-state index contributed by atoms with van der Waals surface area (Å²) in [5, 5.41) is 17.8. The molecule has 0 unspecified atom stereocenters. The number of nitriles is 1. The highest BCUT2D eigenvalue weighted by Crippen LogP contribution is 2.27. The van der Waals surface area contributed by atoms with Crippen LogP contribution >= 0.6 is 15.9 Å². The van der Waals surface area contributed by atoms with Crippen LogP contribution < -0.4 is 4.74 Å². The monoisotopic (exact) mass is 305 g/mol. The molecule has 0 radical (unpaired) electrons. The number of ether oxygens (including phenoxy) is 1. The molecule has 0 atom stereocenters. The maximum atomic E-state index is 12.1. The van der Waals surface area contributed by atoms with Crippen molar-refractivity contribution in [3.63, 3.8) is 0 Å². The molecule has 1 aromatic rings. The van der Waals surface area contributed by atoms with Crippen LogP contribution in [0.4, 0.5) is 8.78 Å². The quantitative estimate of drug-likeness (QED) is 0.868. The zero-order chi connectivity index (χ0) is 13.0. The number of halogens is 3. The predicted octanol–water partition coefficient (Wildman–Crippen LogP) is 2.75. The summed E-state index contributed by atoms with van der Waals surface area (Å²) in [7, 11) is 0. The summed E-state index contributed by atoms with van der Waals surface area (Å²) in [5.74, 6) is -1.72. The zero-order valence-electron chi connectivity index (χ0n) is 8.28. The number of nitrogens with zero attached hydrogens (tertiary/aromatic N) is 1. The van der Waals surface area contributed by atoms with Crippen molar-refractivity contribution in [1.82, 2.24) is 0 Å². The molecular weight excluding hydrogens is 300 g/mol. The zero-order valence-corrected chi connectivity index (χ0v) is 9.87. The van der Waals surface area contributed by atoms with E-state index in [1.165, 1.54) is 6.07 Å². The van der Waals surface area contributed by atoms with E-state index in [0.717, 1.165) is 6.07 Å². The highest BCUT2D eigenvalue weighted by molar-refractivity contribution is 9.08. The minimum atomic E-state index is -3.12. The molecule has 1 rings (SSSR count). The smallest absolute Gasteiger partial charge is 0.387 e. The summed E-state index contributed by atoms with van der Waals surface area (Å²) >= 11 is 3.05. The summed E-state index contributed by atoms with van der Waals surface area (Å²) in [6.07, 6.45) is 0. The van der Waals surface area contributed by atoms with E-state index in [-0.39, 0.29) is 22.0 Å². The van der Waals surface area contributed by atoms with Crippen LogP contribution in [0.2, 0.25) is 0 Å². The third-order valence-corrected chi connectivity index (χ3v) is 2.51. The molecule has 0 amide bonds. The van der Waals surface area contributed by atoms with Gasteiger partial charge in [-0.2, -0.15) is 14.0 Å². The standard InChI is InChI=1S/C10H6BrF2NO3/c11-3-6-1-5(9(15)16)2-8(7(6)4-14)17-10(12)13/h1-2,10H,3H2,(H,15,16). The van der Waals surface area contributed by atoms with E-state index in [9.17, 15) is 13.6 Å². The van der Waals surface area contributed by atoms with Crippen molar-refractivity contribution in [2.24, 2.45) is 0 Å². The molecule has 0 heterocycles. The van der Waals surface area contributed by atoms with Gasteiger partial charge in [0.15, 0.2) is 0 Å². The first-order valence-corrected chi connectivity index (χ1v) is 5.42. The van der Waals surface area contributed by atoms with Crippen LogP contribution in [-0.4, -0.2) is 17.7 Å². The molecular formula is C10H6BrF2NO3. The van der Waals surface area contributed by atoms with Gasteiger partial charge in [0.25, 0.3) is 0 Å². The Hall–Kier alpha value is -1.68. The van der Waals surface area contributed by atoms with Crippen molar-refractivity contribution in [2.75, 3.05) is 0 Å². The van der Waals surface area contributed by atoms with Crippen molar-refractivity contribution in [1.29, 1.82) is 5.26 Å². The van der Waals surface area contributed by atoms with Crippen LogP contribution in [0.3, 0.4) is 0 Å². The van der Waals surface area contributed by atoms with Gasteiger partial charge in [-0.25, -0.2) is 4.79 Å². The summed E-state index contributed by atoms with van der Waals surface area (Å²) in [6, 6.07) is 3.84. The van der Waals surface area contributed by atoms with E-state index < -0.39 is 18.3 Å². The molecule has 0 fully saturated rings. The fourth-order valence-corrected chi connectivity index (χ4v) is 1.66. The average Bonchev–Trinajstić information content (AvgIpc) is 2.26. The molecule has 90 valence electrons. The Balaban J connectivity index is 3.38. The van der Waals surface area contributed by atoms with Gasteiger partial charge < -0.3 is 9.84 Å². The molecule has 0 aliphatic rings. The Morgan fingerprint density at radius 1 is 1.59 bits per heavy atom. The lowest BCUT2D eigenvalue weighted by Gasteiger charge is -2.10. The Morgan fingerprint density at radius 3 is 2.65 bits per heavy atom. The van der Waals surface area contributed by atoms with Crippen LogP contribution in [0, 0.1) is 11.3 Å². The molecule has 17 heavy (non-hydrogen) atoms. The van der Waals surface area contributed by atoms with E-state index >= 15 is 0 Å². The van der Waals surface area contributed by atoms with Crippen LogP contribution in [0.5, 0.6) is 5.75 Å². The normalized spacial score (nSPS) is 10.1. The number of rotatable bonds is 4. The lowest BCUT2D eigenvalue weighted by atomic mass is 10.0. The fourth-order valence-electron chi connectivity index (χ4n) is 1.22. The van der Waals surface area contributed by atoms with E-state index in [1.54, 1.807) is 6.07 Å². The molecule has 0 spiro atoms. The van der Waals surface area contributed by atoms with Gasteiger partial charge in [-0.15, -0.1) is 0 Å². The molecule has 1 N–H and O–H groups in total. The third kappa shape index (κ3) is 3.14. The first-order chi connectivity index (χ1) is 7.99. The Kier molecular flexibility index (Phi) is 4.40. The lowest BCUT2D eigenvalue weighted by molar-refractivity contribution is -0.0501. The summed E-state index contributed by atoms with van der Waals surface area (Å²) < 4.78 is 28.4. The molecule has 0 aromatic heterocycles. The Labute approximate surface area is 104 Å². The second-order valence-electron chi connectivity index (χ2n) is 2.94.